The summed E-state index contributed by atoms with van der Waals surface area (Å²) in [5, 5.41) is 0. The Morgan fingerprint density at radius 2 is 2.11 bits per heavy atom. The Morgan fingerprint density at radius 3 is 2.44 bits per heavy atom. The van der Waals surface area contributed by atoms with E-state index in [9.17, 15) is 0 Å². The van der Waals surface area contributed by atoms with Crippen LogP contribution in [-0.4, -0.2) is 0 Å². The van der Waals surface area contributed by atoms with E-state index in [0.717, 1.165) is 11.3 Å². The largest absolute Gasteiger partial charge is 0.468 e. The normalized spacial score (nSPS) is 10.0. The number of furan rings is 1. The molecule has 3 heteroatoms. The van der Waals surface area contributed by atoms with Gasteiger partial charge in [0.2, 0.25) is 0 Å². The Bertz CT molecular complexity index is 164. The third-order valence-electron chi connectivity index (χ3n) is 0.994. The van der Waals surface area contributed by atoms with Crippen LogP contribution < -0.4 is 0 Å². The first kappa shape index (κ1) is 6.97. The summed E-state index contributed by atoms with van der Waals surface area (Å²) in [6.45, 7) is 0. The van der Waals surface area contributed by atoms with Gasteiger partial charge in [-0.05, 0) is 6.07 Å². The lowest BCUT2D eigenvalue weighted by Gasteiger charge is -1.79. The number of alkyl halides is 2. The number of hydrogen-bond acceptors (Lipinski definition) is 1. The van der Waals surface area contributed by atoms with Crippen LogP contribution in [0.25, 0.3) is 0 Å². The molecular weight excluding hydrogens is 159 g/mol. The molecule has 9 heavy (non-hydrogen) atoms. The molecule has 50 valence electrons. The first-order chi connectivity index (χ1) is 4.36. The van der Waals surface area contributed by atoms with Crippen molar-refractivity contribution in [3.8, 4) is 0 Å². The summed E-state index contributed by atoms with van der Waals surface area (Å²) >= 11 is 11.0. The first-order valence-corrected chi connectivity index (χ1v) is 3.62. The topological polar surface area (TPSA) is 13.1 Å². The van der Waals surface area contributed by atoms with Crippen LogP contribution in [0, 0.1) is 0 Å². The molecule has 0 aromatic carbocycles. The van der Waals surface area contributed by atoms with Crippen LogP contribution in [0.2, 0.25) is 0 Å². The van der Waals surface area contributed by atoms with Crippen LogP contribution in [0.4, 0.5) is 0 Å². The summed E-state index contributed by atoms with van der Waals surface area (Å²) in [5.41, 5.74) is 0.979. The maximum absolute atomic E-state index is 5.49. The van der Waals surface area contributed by atoms with Crippen molar-refractivity contribution < 1.29 is 4.42 Å². The van der Waals surface area contributed by atoms with Crippen LogP contribution >= 0.6 is 23.2 Å². The van der Waals surface area contributed by atoms with Gasteiger partial charge >= 0.3 is 0 Å². The van der Waals surface area contributed by atoms with E-state index in [1.54, 1.807) is 6.26 Å². The first-order valence-electron chi connectivity index (χ1n) is 2.55. The second kappa shape index (κ2) is 3.14. The summed E-state index contributed by atoms with van der Waals surface area (Å²) in [7, 11) is 0. The lowest BCUT2D eigenvalue weighted by molar-refractivity contribution is 0.527. The second-order valence-electron chi connectivity index (χ2n) is 1.69. The van der Waals surface area contributed by atoms with Gasteiger partial charge in [0.25, 0.3) is 0 Å². The highest BCUT2D eigenvalue weighted by atomic mass is 35.5. The highest BCUT2D eigenvalue weighted by molar-refractivity contribution is 6.17. The molecule has 0 aliphatic heterocycles. The van der Waals surface area contributed by atoms with E-state index in [0.29, 0.717) is 11.8 Å². The predicted octanol–water partition coefficient (Wildman–Crippen LogP) is 2.76. The van der Waals surface area contributed by atoms with Crippen molar-refractivity contribution in [2.24, 2.45) is 0 Å². The fourth-order valence-corrected chi connectivity index (χ4v) is 0.847. The Hall–Kier alpha value is -0.140. The van der Waals surface area contributed by atoms with Crippen molar-refractivity contribution in [2.45, 2.75) is 11.8 Å². The van der Waals surface area contributed by atoms with Crippen LogP contribution in [0.3, 0.4) is 0 Å². The molecule has 0 atom stereocenters. The zero-order valence-corrected chi connectivity index (χ0v) is 6.24. The van der Waals surface area contributed by atoms with Gasteiger partial charge in [0.1, 0.15) is 5.76 Å². The van der Waals surface area contributed by atoms with Crippen molar-refractivity contribution >= 4 is 23.2 Å². The maximum atomic E-state index is 5.49. The lowest BCUT2D eigenvalue weighted by atomic mass is 10.3. The fraction of sp³-hybridized carbons (Fsp3) is 0.333. The van der Waals surface area contributed by atoms with Gasteiger partial charge in [0.15, 0.2) is 0 Å². The summed E-state index contributed by atoms with van der Waals surface area (Å²) in [4.78, 5) is 0. The number of rotatable bonds is 2. The molecule has 1 nitrogen and oxygen atoms in total. The predicted molar refractivity (Wildman–Crippen MR) is 37.8 cm³/mol. The molecule has 1 heterocycles. The molecule has 0 unspecified atom stereocenters. The summed E-state index contributed by atoms with van der Waals surface area (Å²) in [6.07, 6.45) is 1.62. The molecule has 0 spiro atoms. The Morgan fingerprint density at radius 1 is 1.33 bits per heavy atom. The number of halogens is 2. The standard InChI is InChI=1S/C6H6Cl2O/c7-2-5-1-6(3-8)9-4-5/h1,4H,2-3H2. The van der Waals surface area contributed by atoms with Crippen LogP contribution in [0.15, 0.2) is 16.7 Å². The van der Waals surface area contributed by atoms with Crippen LogP contribution in [0.5, 0.6) is 0 Å². The van der Waals surface area contributed by atoms with Gasteiger partial charge in [0.05, 0.1) is 18.0 Å². The minimum Gasteiger partial charge on any atom is -0.468 e. The van der Waals surface area contributed by atoms with E-state index in [2.05, 4.69) is 0 Å². The summed E-state index contributed by atoms with van der Waals surface area (Å²) in [6, 6.07) is 1.85. The van der Waals surface area contributed by atoms with Gasteiger partial charge < -0.3 is 4.42 Å². The Labute approximate surface area is 63.6 Å². The third-order valence-corrected chi connectivity index (χ3v) is 1.57. The summed E-state index contributed by atoms with van der Waals surface area (Å²) in [5.74, 6) is 1.67. The van der Waals surface area contributed by atoms with Crippen molar-refractivity contribution in [2.75, 3.05) is 0 Å². The molecule has 0 saturated carbocycles. The lowest BCUT2D eigenvalue weighted by Crippen LogP contribution is -1.67. The van der Waals surface area contributed by atoms with Crippen LogP contribution in [0.1, 0.15) is 11.3 Å². The third kappa shape index (κ3) is 1.63. The van der Waals surface area contributed by atoms with Crippen molar-refractivity contribution in [3.05, 3.63) is 23.7 Å². The molecule has 0 radical (unpaired) electrons. The van der Waals surface area contributed by atoms with E-state index in [4.69, 9.17) is 27.6 Å². The van der Waals surface area contributed by atoms with E-state index < -0.39 is 0 Å². The van der Waals surface area contributed by atoms with Crippen molar-refractivity contribution in [1.82, 2.24) is 0 Å². The zero-order chi connectivity index (χ0) is 6.69. The minimum atomic E-state index is 0.414. The molecule has 0 fully saturated rings. The van der Waals surface area contributed by atoms with Crippen molar-refractivity contribution in [3.63, 3.8) is 0 Å². The fourth-order valence-electron chi connectivity index (χ4n) is 0.566. The highest BCUT2D eigenvalue weighted by Gasteiger charge is 1.96. The van der Waals surface area contributed by atoms with Gasteiger partial charge in [-0.25, -0.2) is 0 Å². The maximum Gasteiger partial charge on any atom is 0.118 e. The number of hydrogen-bond donors (Lipinski definition) is 0. The van der Waals surface area contributed by atoms with E-state index in [1.165, 1.54) is 0 Å². The van der Waals surface area contributed by atoms with Gasteiger partial charge in [-0.1, -0.05) is 0 Å². The average Bonchev–Trinajstić information content (AvgIpc) is 2.34. The Balaban J connectivity index is 2.74. The average molecular weight is 165 g/mol. The minimum absolute atomic E-state index is 0.414. The van der Waals surface area contributed by atoms with E-state index in [1.807, 2.05) is 6.07 Å². The molecule has 0 bridgehead atoms. The van der Waals surface area contributed by atoms with E-state index >= 15 is 0 Å². The highest BCUT2D eigenvalue weighted by Crippen LogP contribution is 2.11. The van der Waals surface area contributed by atoms with Crippen LogP contribution in [-0.2, 0) is 11.8 Å². The molecule has 1 rings (SSSR count). The molecule has 0 saturated heterocycles. The van der Waals surface area contributed by atoms with Crippen molar-refractivity contribution in [1.29, 1.82) is 0 Å². The van der Waals surface area contributed by atoms with Gasteiger partial charge in [-0.3, -0.25) is 0 Å². The van der Waals surface area contributed by atoms with Gasteiger partial charge in [-0.2, -0.15) is 0 Å². The zero-order valence-electron chi connectivity index (χ0n) is 4.73. The van der Waals surface area contributed by atoms with E-state index in [-0.39, 0.29) is 0 Å². The molecule has 1 aromatic rings. The molecule has 0 aliphatic rings. The van der Waals surface area contributed by atoms with Gasteiger partial charge in [0, 0.05) is 5.56 Å². The monoisotopic (exact) mass is 164 g/mol. The Kier molecular flexibility index (Phi) is 2.43. The molecule has 0 N–H and O–H groups in total. The second-order valence-corrected chi connectivity index (χ2v) is 2.22. The molecule has 0 amide bonds. The smallest absolute Gasteiger partial charge is 0.118 e. The molecular formula is C6H6Cl2O. The van der Waals surface area contributed by atoms with Gasteiger partial charge in [-0.15, -0.1) is 23.2 Å². The summed E-state index contributed by atoms with van der Waals surface area (Å²) < 4.78 is 4.99. The quantitative estimate of drug-likeness (QED) is 0.614. The SMILES string of the molecule is ClCc1coc(CCl)c1. The molecule has 1 aromatic heterocycles. The molecule has 0 aliphatic carbocycles.